The summed E-state index contributed by atoms with van der Waals surface area (Å²) in [5, 5.41) is 13.1. The van der Waals surface area contributed by atoms with Gasteiger partial charge in [-0.3, -0.25) is 13.9 Å². The van der Waals surface area contributed by atoms with Crippen molar-refractivity contribution in [1.82, 2.24) is 24.8 Å². The summed E-state index contributed by atoms with van der Waals surface area (Å²) in [6, 6.07) is -1.23. The molecule has 19 nitrogen and oxygen atoms in total. The number of carbonyl (C=O) groups excluding carboxylic acids is 1. The normalized spacial score (nSPS) is 26.8. The first-order valence-electron chi connectivity index (χ1n) is 8.90. The molecule has 8 N–H and O–H groups in total. The first kappa shape index (κ1) is 26.7. The van der Waals surface area contributed by atoms with Crippen molar-refractivity contribution in [3.63, 3.8) is 0 Å². The van der Waals surface area contributed by atoms with Gasteiger partial charge in [-0.05, 0) is 0 Å². The number of fused-ring (bicyclic) bond motifs is 1. The number of aliphatic hydroxyl groups is 1. The van der Waals surface area contributed by atoms with Crippen molar-refractivity contribution in [2.45, 2.75) is 31.4 Å². The van der Waals surface area contributed by atoms with Crippen molar-refractivity contribution >= 4 is 46.4 Å². The molecular weight excluding hydrogens is 529 g/mol. The Hall–Kier alpha value is -1.85. The number of nitrogens with zero attached hydrogens (tertiary/aromatic N) is 4. The number of hydrogen-bond donors (Lipinski definition) is 7. The predicted octanol–water partition coefficient (Wildman–Crippen LogP) is -1.49. The number of anilines is 1. The second kappa shape index (κ2) is 9.66. The monoisotopic (exact) mass is 548 g/mol. The fourth-order valence-corrected chi connectivity index (χ4v) is 6.08. The quantitative estimate of drug-likeness (QED) is 0.176. The van der Waals surface area contributed by atoms with Crippen LogP contribution in [0.1, 0.15) is 13.2 Å². The molecule has 2 aromatic heterocycles. The average molecular weight is 548 g/mol. The maximum absolute atomic E-state index is 12.0. The molecule has 0 saturated carbocycles. The lowest BCUT2D eigenvalue weighted by Crippen LogP contribution is -2.47. The van der Waals surface area contributed by atoms with Crippen molar-refractivity contribution in [2.75, 3.05) is 12.3 Å². The zero-order chi connectivity index (χ0) is 25.5. The highest BCUT2D eigenvalue weighted by Crippen LogP contribution is 2.66. The number of hydrogen-bond acceptors (Lipinski definition) is 13. The molecule has 1 fully saturated rings. The number of imidazole rings is 1. The fraction of sp³-hybridized carbons (Fsp3) is 0.500. The van der Waals surface area contributed by atoms with E-state index in [0.717, 1.165) is 13.3 Å². The van der Waals surface area contributed by atoms with E-state index in [0.29, 0.717) is 0 Å². The lowest BCUT2D eigenvalue weighted by atomic mass is 10.1. The van der Waals surface area contributed by atoms with Gasteiger partial charge in [0.15, 0.2) is 17.7 Å². The Morgan fingerprint density at radius 2 is 1.85 bits per heavy atom. The minimum absolute atomic E-state index is 0.0406. The van der Waals surface area contributed by atoms with Crippen LogP contribution < -0.4 is 11.1 Å². The van der Waals surface area contributed by atoms with Gasteiger partial charge in [0.05, 0.1) is 19.0 Å². The molecule has 1 saturated heterocycles. The van der Waals surface area contributed by atoms with Gasteiger partial charge in [0, 0.05) is 6.92 Å². The summed E-state index contributed by atoms with van der Waals surface area (Å²) in [6.45, 7) is 0.214. The molecule has 0 aliphatic carbocycles. The molecule has 0 spiro atoms. The summed E-state index contributed by atoms with van der Waals surface area (Å²) in [5.74, 6) is -0.572. The van der Waals surface area contributed by atoms with Gasteiger partial charge >= 0.3 is 23.5 Å². The topological polar surface area (TPSA) is 288 Å². The summed E-state index contributed by atoms with van der Waals surface area (Å²) in [7, 11) is -16.8. The smallest absolute Gasteiger partial charge is 0.386 e. The largest absolute Gasteiger partial charge is 0.490 e. The fourth-order valence-electron chi connectivity index (χ4n) is 3.05. The Morgan fingerprint density at radius 3 is 2.47 bits per heavy atom. The van der Waals surface area contributed by atoms with E-state index in [4.69, 9.17) is 20.3 Å². The number of aliphatic hydroxyl groups excluding tert-OH is 1. The van der Waals surface area contributed by atoms with E-state index in [9.17, 15) is 33.4 Å². The molecule has 34 heavy (non-hydrogen) atoms. The SMILES string of the molecule is CC(=O)NC1C(O)[C@H](n2cnc3c(N)ncnc32)O[C@@H]1COP(=O)(O)OP(=O)(O)OP(=O)(O)O. The highest BCUT2D eigenvalue weighted by Gasteiger charge is 2.48. The molecule has 0 bridgehead atoms. The first-order valence-corrected chi connectivity index (χ1v) is 13.4. The van der Waals surface area contributed by atoms with Crippen LogP contribution in [0.5, 0.6) is 0 Å². The third kappa shape index (κ3) is 6.42. The Morgan fingerprint density at radius 1 is 1.18 bits per heavy atom. The van der Waals surface area contributed by atoms with E-state index in [1.165, 1.54) is 10.9 Å². The molecule has 2 aromatic rings. The number of phosphoric acid groups is 3. The summed E-state index contributed by atoms with van der Waals surface area (Å²) >= 11 is 0. The molecule has 22 heteroatoms. The standard InChI is InChI=1S/C12H19N6O13P3/c1-5(19)17-7-6(2-28-33(24,25)31-34(26,27)30-32(21,22)23)29-12(9(7)20)18-4-16-8-10(13)14-3-15-11(8)18/h3-4,6-7,9,12,20H,2H2,1H3,(H,17,19)(H,24,25)(H,26,27)(H2,13,14,15)(H2,21,22,23)/t6-,7?,9?,12-/m1/s1. The van der Waals surface area contributed by atoms with Gasteiger partial charge in [0.25, 0.3) is 0 Å². The lowest BCUT2D eigenvalue weighted by molar-refractivity contribution is -0.120. The van der Waals surface area contributed by atoms with Gasteiger partial charge in [-0.1, -0.05) is 0 Å². The van der Waals surface area contributed by atoms with Crippen LogP contribution in [0.2, 0.25) is 0 Å². The molecule has 0 aromatic carbocycles. The highest BCUT2D eigenvalue weighted by atomic mass is 31.3. The Labute approximate surface area is 189 Å². The van der Waals surface area contributed by atoms with Crippen LogP contribution in [0.4, 0.5) is 5.82 Å². The van der Waals surface area contributed by atoms with Crippen molar-refractivity contribution in [3.8, 4) is 0 Å². The van der Waals surface area contributed by atoms with Crippen molar-refractivity contribution in [1.29, 1.82) is 0 Å². The second-order valence-electron chi connectivity index (χ2n) is 6.75. The predicted molar refractivity (Wildman–Crippen MR) is 107 cm³/mol. The summed E-state index contributed by atoms with van der Waals surface area (Å²) in [5.41, 5.74) is 6.07. The molecule has 1 amide bonds. The first-order chi connectivity index (χ1) is 15.6. The van der Waals surface area contributed by atoms with Crippen LogP contribution in [0.3, 0.4) is 0 Å². The molecular formula is C12H19N6O13P3. The van der Waals surface area contributed by atoms with Crippen molar-refractivity contribution in [2.24, 2.45) is 0 Å². The van der Waals surface area contributed by atoms with Gasteiger partial charge < -0.3 is 40.5 Å². The van der Waals surface area contributed by atoms with E-state index in [1.807, 2.05) is 0 Å². The minimum Gasteiger partial charge on any atom is -0.386 e. The average Bonchev–Trinajstić information content (AvgIpc) is 3.20. The third-order valence-corrected chi connectivity index (χ3v) is 8.03. The molecule has 1 aliphatic rings. The Bertz CT molecular complexity index is 1220. The number of aromatic nitrogens is 4. The van der Waals surface area contributed by atoms with Gasteiger partial charge in [0.2, 0.25) is 5.91 Å². The maximum atomic E-state index is 12.0. The maximum Gasteiger partial charge on any atom is 0.490 e. The van der Waals surface area contributed by atoms with Crippen molar-refractivity contribution in [3.05, 3.63) is 12.7 Å². The number of nitrogens with one attached hydrogen (secondary N) is 1. The summed E-state index contributed by atoms with van der Waals surface area (Å²) in [6.07, 6.45) is -1.72. The van der Waals surface area contributed by atoms with Crippen molar-refractivity contribution < 1.29 is 61.1 Å². The van der Waals surface area contributed by atoms with E-state index in [2.05, 4.69) is 33.4 Å². The van der Waals surface area contributed by atoms with Gasteiger partial charge in [-0.2, -0.15) is 8.62 Å². The third-order valence-electron chi connectivity index (χ3n) is 4.22. The number of rotatable bonds is 9. The number of carbonyl (C=O) groups is 1. The molecule has 6 atom stereocenters. The highest BCUT2D eigenvalue weighted by molar-refractivity contribution is 7.66. The molecule has 3 rings (SSSR count). The molecule has 3 heterocycles. The minimum atomic E-state index is -5.73. The van der Waals surface area contributed by atoms with Crippen LogP contribution in [0, 0.1) is 0 Å². The molecule has 4 unspecified atom stereocenters. The van der Waals surface area contributed by atoms with E-state index in [-0.39, 0.29) is 17.0 Å². The molecule has 0 radical (unpaired) electrons. The van der Waals surface area contributed by atoms with Crippen LogP contribution in [-0.4, -0.2) is 75.0 Å². The van der Waals surface area contributed by atoms with Gasteiger partial charge in [0.1, 0.15) is 24.1 Å². The van der Waals surface area contributed by atoms with Crippen LogP contribution in [-0.2, 0) is 36.4 Å². The van der Waals surface area contributed by atoms with E-state index in [1.54, 1.807) is 0 Å². The van der Waals surface area contributed by atoms with Crippen LogP contribution >= 0.6 is 23.5 Å². The number of ether oxygens (including phenoxy) is 1. The zero-order valence-electron chi connectivity index (χ0n) is 16.9. The summed E-state index contributed by atoms with van der Waals surface area (Å²) in [4.78, 5) is 59.4. The number of amides is 1. The van der Waals surface area contributed by atoms with Crippen LogP contribution in [0.25, 0.3) is 11.2 Å². The summed E-state index contributed by atoms with van der Waals surface area (Å²) < 4.78 is 52.9. The van der Waals surface area contributed by atoms with Crippen LogP contribution in [0.15, 0.2) is 12.7 Å². The number of nitrogen functional groups attached to an aromatic ring is 1. The van der Waals surface area contributed by atoms with E-state index < -0.39 is 60.5 Å². The number of phosphoric ester groups is 1. The number of nitrogens with two attached hydrogens (primary N) is 1. The molecule has 190 valence electrons. The Kier molecular flexibility index (Phi) is 7.60. The van der Waals surface area contributed by atoms with E-state index >= 15 is 0 Å². The van der Waals surface area contributed by atoms with Gasteiger partial charge in [-0.25, -0.2) is 28.6 Å². The van der Waals surface area contributed by atoms with Gasteiger partial charge in [-0.15, -0.1) is 0 Å². The zero-order valence-corrected chi connectivity index (χ0v) is 19.6. The molecule has 1 aliphatic heterocycles. The lowest BCUT2D eigenvalue weighted by Gasteiger charge is -2.22. The Balaban J connectivity index is 1.79. The second-order valence-corrected chi connectivity index (χ2v) is 11.2.